The van der Waals surface area contributed by atoms with Crippen LogP contribution in [0.2, 0.25) is 0 Å². The molecule has 0 saturated carbocycles. The van der Waals surface area contributed by atoms with E-state index >= 15 is 0 Å². The summed E-state index contributed by atoms with van der Waals surface area (Å²) in [5.41, 5.74) is 8.23. The third-order valence-electron chi connectivity index (χ3n) is 4.92. The fraction of sp³-hybridized carbons (Fsp3) is 0.312. The molecule has 4 rings (SSSR count). The minimum absolute atomic E-state index is 1.32. The van der Waals surface area contributed by atoms with Crippen LogP contribution in [-0.2, 0) is 0 Å². The highest BCUT2D eigenvalue weighted by atomic mass is 14.0. The van der Waals surface area contributed by atoms with Crippen molar-refractivity contribution < 1.29 is 0 Å². The molecule has 0 aliphatic heterocycles. The van der Waals surface area contributed by atoms with Crippen molar-refractivity contribution in [2.45, 2.75) is 69.2 Å². The molecular weight excluding hydrogens is 384 g/mol. The Balaban J connectivity index is 0.000000426. The summed E-state index contributed by atoms with van der Waals surface area (Å²) in [5, 5.41) is 2.64. The molecule has 0 radical (unpaired) electrons. The van der Waals surface area contributed by atoms with Crippen molar-refractivity contribution in [1.29, 1.82) is 0 Å². The van der Waals surface area contributed by atoms with Gasteiger partial charge in [0.2, 0.25) is 0 Å². The minimum atomic E-state index is 1.32. The zero-order valence-electron chi connectivity index (χ0n) is 22.1. The number of benzene rings is 4. The summed E-state index contributed by atoms with van der Waals surface area (Å²) in [4.78, 5) is 0. The van der Waals surface area contributed by atoms with Gasteiger partial charge < -0.3 is 0 Å². The topological polar surface area (TPSA) is 0 Å². The van der Waals surface area contributed by atoms with Crippen molar-refractivity contribution in [1.82, 2.24) is 0 Å². The molecule has 4 aromatic carbocycles. The van der Waals surface area contributed by atoms with Crippen LogP contribution in [0.4, 0.5) is 0 Å². The summed E-state index contributed by atoms with van der Waals surface area (Å²) < 4.78 is 0. The van der Waals surface area contributed by atoms with Gasteiger partial charge in [0.1, 0.15) is 0 Å². The first-order valence-corrected chi connectivity index (χ1v) is 11.9. The number of aryl methyl sites for hydroxylation is 5. The molecule has 0 aromatic heterocycles. The van der Waals surface area contributed by atoms with E-state index in [4.69, 9.17) is 0 Å². The lowest BCUT2D eigenvalue weighted by Gasteiger charge is -2.04. The van der Waals surface area contributed by atoms with Crippen LogP contribution in [0.3, 0.4) is 0 Å². The molecule has 172 valence electrons. The molecule has 0 heterocycles. The summed E-state index contributed by atoms with van der Waals surface area (Å²) in [5.74, 6) is 0. The van der Waals surface area contributed by atoms with Crippen molar-refractivity contribution in [3.63, 3.8) is 0 Å². The third-order valence-corrected chi connectivity index (χ3v) is 4.92. The van der Waals surface area contributed by atoms with Gasteiger partial charge in [-0.2, -0.15) is 0 Å². The van der Waals surface area contributed by atoms with Crippen LogP contribution >= 0.6 is 0 Å². The quantitative estimate of drug-likeness (QED) is 0.261. The maximum absolute atomic E-state index is 2.22. The van der Waals surface area contributed by atoms with Gasteiger partial charge in [0.15, 0.2) is 0 Å². The molecule has 0 aliphatic carbocycles. The first-order valence-electron chi connectivity index (χ1n) is 11.9. The second kappa shape index (κ2) is 16.8. The van der Waals surface area contributed by atoms with Gasteiger partial charge in [0.05, 0.1) is 0 Å². The third kappa shape index (κ3) is 11.0. The van der Waals surface area contributed by atoms with Crippen molar-refractivity contribution >= 4 is 10.8 Å². The Morgan fingerprint density at radius 3 is 1.31 bits per heavy atom. The molecule has 0 saturated heterocycles. The Hall–Kier alpha value is -2.86. The van der Waals surface area contributed by atoms with Gasteiger partial charge in [-0.25, -0.2) is 0 Å². The molecule has 0 heteroatoms. The predicted molar refractivity (Wildman–Crippen MR) is 148 cm³/mol. The number of hydrogen-bond acceptors (Lipinski definition) is 0. The molecule has 32 heavy (non-hydrogen) atoms. The van der Waals surface area contributed by atoms with E-state index in [-0.39, 0.29) is 0 Å². The SMILES string of the molecule is CC.CC.Cc1cc(C)c(C)c(C)c1.Cc1ccc2ccccc2c1.Cc1ccccc1. The predicted octanol–water partition coefficient (Wildman–Crippen LogP) is 10.1. The van der Waals surface area contributed by atoms with Crippen LogP contribution < -0.4 is 0 Å². The highest BCUT2D eigenvalue weighted by Crippen LogP contribution is 2.15. The highest BCUT2D eigenvalue weighted by molar-refractivity contribution is 5.82. The fourth-order valence-electron chi connectivity index (χ4n) is 3.10. The summed E-state index contributed by atoms with van der Waals surface area (Å²) >= 11 is 0. The van der Waals surface area contributed by atoms with E-state index in [0.29, 0.717) is 0 Å². The van der Waals surface area contributed by atoms with Crippen molar-refractivity contribution in [3.8, 4) is 0 Å². The van der Waals surface area contributed by atoms with Crippen molar-refractivity contribution in [2.24, 2.45) is 0 Å². The van der Waals surface area contributed by atoms with Crippen LogP contribution in [0, 0.1) is 41.5 Å². The van der Waals surface area contributed by atoms with E-state index in [0.717, 1.165) is 0 Å². The van der Waals surface area contributed by atoms with Gasteiger partial charge in [-0.05, 0) is 69.0 Å². The number of hydrogen-bond donors (Lipinski definition) is 0. The van der Waals surface area contributed by atoms with Crippen LogP contribution in [0.5, 0.6) is 0 Å². The lowest BCUT2D eigenvalue weighted by molar-refractivity contribution is 1.23. The molecule has 0 N–H and O–H groups in total. The van der Waals surface area contributed by atoms with Crippen LogP contribution in [0.15, 0.2) is 84.9 Å². The second-order valence-electron chi connectivity index (χ2n) is 7.53. The largest absolute Gasteiger partial charge is 0.0683 e. The first-order chi connectivity index (χ1) is 15.4. The zero-order chi connectivity index (χ0) is 24.5. The lowest BCUT2D eigenvalue weighted by atomic mass is 10.0. The Morgan fingerprint density at radius 2 is 0.844 bits per heavy atom. The molecular formula is C32H44. The Bertz CT molecular complexity index is 987. The van der Waals surface area contributed by atoms with Crippen LogP contribution in [-0.4, -0.2) is 0 Å². The van der Waals surface area contributed by atoms with Gasteiger partial charge >= 0.3 is 0 Å². The molecule has 0 atom stereocenters. The molecule has 0 unspecified atom stereocenters. The van der Waals surface area contributed by atoms with Gasteiger partial charge in [0.25, 0.3) is 0 Å². The van der Waals surface area contributed by atoms with Crippen LogP contribution in [0.25, 0.3) is 10.8 Å². The van der Waals surface area contributed by atoms with E-state index in [9.17, 15) is 0 Å². The Labute approximate surface area is 198 Å². The van der Waals surface area contributed by atoms with E-state index in [2.05, 4.69) is 108 Å². The number of rotatable bonds is 0. The van der Waals surface area contributed by atoms with E-state index in [1.807, 2.05) is 45.9 Å². The normalized spacial score (nSPS) is 8.94. The van der Waals surface area contributed by atoms with E-state index in [1.54, 1.807) is 0 Å². The van der Waals surface area contributed by atoms with Gasteiger partial charge in [-0.15, -0.1) is 0 Å². The summed E-state index contributed by atoms with van der Waals surface area (Å²) in [7, 11) is 0. The maximum atomic E-state index is 2.22. The minimum Gasteiger partial charge on any atom is -0.0683 e. The molecule has 4 aromatic rings. The van der Waals surface area contributed by atoms with Crippen molar-refractivity contribution in [3.05, 3.63) is 118 Å². The smallest absolute Gasteiger partial charge is 0.0181 e. The fourth-order valence-corrected chi connectivity index (χ4v) is 3.10. The van der Waals surface area contributed by atoms with Gasteiger partial charge in [0, 0.05) is 0 Å². The average molecular weight is 429 g/mol. The Morgan fingerprint density at radius 1 is 0.375 bits per heavy atom. The molecule has 0 bridgehead atoms. The Kier molecular flexibility index (Phi) is 15.3. The molecule has 0 spiro atoms. The lowest BCUT2D eigenvalue weighted by Crippen LogP contribution is -1.86. The van der Waals surface area contributed by atoms with Crippen LogP contribution in [0.1, 0.15) is 61.1 Å². The first kappa shape index (κ1) is 29.1. The average Bonchev–Trinajstić information content (AvgIpc) is 2.81. The summed E-state index contributed by atoms with van der Waals surface area (Å²) in [6.45, 7) is 20.8. The van der Waals surface area contributed by atoms with Gasteiger partial charge in [-0.1, -0.05) is 129 Å². The molecule has 0 fully saturated rings. The van der Waals surface area contributed by atoms with E-state index in [1.165, 1.54) is 44.2 Å². The second-order valence-corrected chi connectivity index (χ2v) is 7.53. The zero-order valence-corrected chi connectivity index (χ0v) is 22.1. The van der Waals surface area contributed by atoms with Gasteiger partial charge in [-0.3, -0.25) is 0 Å². The number of fused-ring (bicyclic) bond motifs is 1. The maximum Gasteiger partial charge on any atom is -0.0181 e. The summed E-state index contributed by atoms with van der Waals surface area (Å²) in [6, 6.07) is 29.6. The van der Waals surface area contributed by atoms with E-state index < -0.39 is 0 Å². The molecule has 0 aliphatic rings. The highest BCUT2D eigenvalue weighted by Gasteiger charge is 1.96. The molecule has 0 nitrogen and oxygen atoms in total. The molecule has 0 amide bonds. The monoisotopic (exact) mass is 428 g/mol. The van der Waals surface area contributed by atoms with Crippen molar-refractivity contribution in [2.75, 3.05) is 0 Å². The standard InChI is InChI=1S/C11H10.C10H14.C7H8.2C2H6/c1-9-6-7-10-4-2-3-5-11(10)8-9;1-7-5-8(2)10(4)9(3)6-7;1-7-5-3-2-4-6-7;2*1-2/h2-8H,1H3;5-6H,1-4H3;2-6H,1H3;2*1-2H3. The summed E-state index contributed by atoms with van der Waals surface area (Å²) in [6.07, 6.45) is 0.